The smallest absolute Gasteiger partial charge is 0.411 e. The van der Waals surface area contributed by atoms with Crippen LogP contribution in [0.1, 0.15) is 109 Å². The van der Waals surface area contributed by atoms with Gasteiger partial charge < -0.3 is 19.9 Å². The van der Waals surface area contributed by atoms with Crippen LogP contribution < -0.4 is 5.43 Å². The third-order valence-corrected chi connectivity index (χ3v) is 12.0. The number of amides is 2. The molecule has 4 aliphatic rings. The fraction of sp³-hybridized carbons (Fsp3) is 0.467. The molecule has 3 fully saturated rings. The Morgan fingerprint density at radius 1 is 0.821 bits per heavy atom. The molecule has 3 aromatic carbocycles. The number of ether oxygens (including phenoxy) is 2. The molecule has 4 atom stereocenters. The van der Waals surface area contributed by atoms with Crippen molar-refractivity contribution in [3.8, 4) is 33.5 Å². The van der Waals surface area contributed by atoms with Crippen LogP contribution in [-0.2, 0) is 22.3 Å². The maximum atomic E-state index is 13.3. The average Bonchev–Trinajstić information content (AvgIpc) is 4.00. The van der Waals surface area contributed by atoms with Crippen LogP contribution in [-0.4, -0.2) is 72.5 Å². The summed E-state index contributed by atoms with van der Waals surface area (Å²) in [5, 5.41) is 0. The second-order valence-corrected chi connectivity index (χ2v) is 18.0. The molecule has 2 aliphatic carbocycles. The first-order valence-electron chi connectivity index (χ1n) is 20.3. The molecule has 2 aliphatic heterocycles. The molecule has 11 heteroatoms. The van der Waals surface area contributed by atoms with Crippen LogP contribution in [0, 0.1) is 5.92 Å². The minimum atomic E-state index is -0.555. The molecule has 2 amide bonds. The lowest BCUT2D eigenvalue weighted by molar-refractivity contribution is 0.00616. The first-order valence-corrected chi connectivity index (χ1v) is 20.3. The van der Waals surface area contributed by atoms with Gasteiger partial charge in [-0.25, -0.2) is 24.2 Å². The van der Waals surface area contributed by atoms with E-state index in [1.54, 1.807) is 0 Å². The molecule has 11 nitrogen and oxygen atoms in total. The summed E-state index contributed by atoms with van der Waals surface area (Å²) < 4.78 is 13.6. The average molecular weight is 756 g/mol. The van der Waals surface area contributed by atoms with Crippen LogP contribution >= 0.6 is 0 Å². The highest BCUT2D eigenvalue weighted by molar-refractivity contribution is 5.84. The van der Waals surface area contributed by atoms with Crippen molar-refractivity contribution in [1.82, 2.24) is 29.4 Å². The van der Waals surface area contributed by atoms with E-state index in [1.165, 1.54) is 27.8 Å². The van der Waals surface area contributed by atoms with Crippen LogP contribution in [0.25, 0.3) is 44.5 Å². The van der Waals surface area contributed by atoms with E-state index in [0.717, 1.165) is 84.4 Å². The molecule has 292 valence electrons. The van der Waals surface area contributed by atoms with Gasteiger partial charge in [0.25, 0.3) is 0 Å². The fourth-order valence-corrected chi connectivity index (χ4v) is 9.62. The van der Waals surface area contributed by atoms with Crippen molar-refractivity contribution in [2.45, 2.75) is 116 Å². The van der Waals surface area contributed by atoms with E-state index in [-0.39, 0.29) is 30.3 Å². The van der Waals surface area contributed by atoms with Gasteiger partial charge in [0.2, 0.25) is 0 Å². The van der Waals surface area contributed by atoms with Gasteiger partial charge in [-0.05, 0) is 144 Å². The number of benzene rings is 3. The standard InChI is InChI=1S/C45H53N7O4/c1-44(2,3)55-42(53)50-20-8-9-37(50)41-47-25-38(52(41)46-7)30-14-18-34-29(22-30)11-10-28-21-26(13-17-33(28)34)27-15-19-35-36(24-27)49-40(48-35)39-31-12-16-32(23-31)51(39)43(54)56-45(4,5)6/h13-15,17-19,21-22,24-25,31-32,37,39,46H,8-12,16,20,23H2,1-7H3,(H,48,49)/t31-,32+,37-,39?/m0/s1. The van der Waals surface area contributed by atoms with Crippen molar-refractivity contribution in [2.75, 3.05) is 19.0 Å². The van der Waals surface area contributed by atoms with Crippen molar-refractivity contribution in [2.24, 2.45) is 5.92 Å². The van der Waals surface area contributed by atoms with Gasteiger partial charge in [0.05, 0.1) is 35.0 Å². The third kappa shape index (κ3) is 6.48. The summed E-state index contributed by atoms with van der Waals surface area (Å²) in [6.45, 7) is 12.1. The minimum absolute atomic E-state index is 0.0913. The highest BCUT2D eigenvalue weighted by atomic mass is 16.6. The van der Waals surface area contributed by atoms with E-state index >= 15 is 0 Å². The summed E-state index contributed by atoms with van der Waals surface area (Å²) in [5.74, 6) is 2.06. The molecule has 0 radical (unpaired) electrons. The van der Waals surface area contributed by atoms with E-state index in [2.05, 4.69) is 65.0 Å². The molecule has 2 N–H and O–H groups in total. The summed E-state index contributed by atoms with van der Waals surface area (Å²) in [6.07, 6.45) is 8.15. The number of imidazole rings is 2. The number of hydrogen-bond donors (Lipinski definition) is 2. The molecule has 9 rings (SSSR count). The molecule has 2 saturated heterocycles. The molecule has 0 spiro atoms. The first kappa shape index (κ1) is 36.3. The Hall–Kier alpha value is -5.32. The van der Waals surface area contributed by atoms with Gasteiger partial charge in [-0.3, -0.25) is 9.80 Å². The second kappa shape index (κ2) is 13.4. The van der Waals surface area contributed by atoms with Gasteiger partial charge in [0, 0.05) is 25.2 Å². The van der Waals surface area contributed by atoms with E-state index in [4.69, 9.17) is 19.4 Å². The monoisotopic (exact) mass is 755 g/mol. The predicted molar refractivity (Wildman–Crippen MR) is 218 cm³/mol. The number of nitrogens with zero attached hydrogens (tertiary/aromatic N) is 5. The van der Waals surface area contributed by atoms with Crippen molar-refractivity contribution in [3.05, 3.63) is 83.6 Å². The van der Waals surface area contributed by atoms with E-state index < -0.39 is 11.2 Å². The molecular formula is C45H53N7O4. The highest BCUT2D eigenvalue weighted by Gasteiger charge is 2.51. The van der Waals surface area contributed by atoms with Gasteiger partial charge in [-0.1, -0.05) is 36.4 Å². The van der Waals surface area contributed by atoms with Gasteiger partial charge in [0.1, 0.15) is 17.0 Å². The lowest BCUT2D eigenvalue weighted by atomic mass is 9.83. The van der Waals surface area contributed by atoms with Crippen molar-refractivity contribution >= 4 is 23.2 Å². The quantitative estimate of drug-likeness (QED) is 0.184. The zero-order valence-corrected chi connectivity index (χ0v) is 33.6. The van der Waals surface area contributed by atoms with Gasteiger partial charge in [-0.15, -0.1) is 0 Å². The Labute approximate surface area is 328 Å². The second-order valence-electron chi connectivity index (χ2n) is 18.0. The van der Waals surface area contributed by atoms with Crippen molar-refractivity contribution in [3.63, 3.8) is 0 Å². The minimum Gasteiger partial charge on any atom is -0.444 e. The molecule has 4 heterocycles. The lowest BCUT2D eigenvalue weighted by Gasteiger charge is -2.35. The molecule has 2 bridgehead atoms. The van der Waals surface area contributed by atoms with Crippen molar-refractivity contribution in [1.29, 1.82) is 0 Å². The lowest BCUT2D eigenvalue weighted by Crippen LogP contribution is -2.43. The molecule has 2 aromatic heterocycles. The Morgan fingerprint density at radius 2 is 1.48 bits per heavy atom. The Bertz CT molecular complexity index is 2350. The largest absolute Gasteiger partial charge is 0.444 e. The molecule has 5 aromatic rings. The number of hydrogen-bond acceptors (Lipinski definition) is 7. The van der Waals surface area contributed by atoms with Crippen LogP contribution in [0.2, 0.25) is 0 Å². The number of aromatic nitrogens is 4. The number of carbonyl (C=O) groups is 2. The maximum Gasteiger partial charge on any atom is 0.411 e. The molecule has 56 heavy (non-hydrogen) atoms. The summed E-state index contributed by atoms with van der Waals surface area (Å²) in [6, 6.07) is 19.9. The third-order valence-electron chi connectivity index (χ3n) is 12.0. The van der Waals surface area contributed by atoms with Gasteiger partial charge >= 0.3 is 12.2 Å². The zero-order valence-electron chi connectivity index (χ0n) is 33.6. The molecular weight excluding hydrogens is 703 g/mol. The number of fused-ring (bicyclic) bond motifs is 6. The predicted octanol–water partition coefficient (Wildman–Crippen LogP) is 9.56. The number of carbonyl (C=O) groups excluding carboxylic acids is 2. The summed E-state index contributed by atoms with van der Waals surface area (Å²) in [5.41, 5.74) is 13.7. The number of aromatic amines is 1. The van der Waals surface area contributed by atoms with E-state index in [0.29, 0.717) is 12.5 Å². The normalized spacial score (nSPS) is 21.7. The maximum absolute atomic E-state index is 13.3. The summed E-state index contributed by atoms with van der Waals surface area (Å²) in [4.78, 5) is 43.7. The van der Waals surface area contributed by atoms with Crippen LogP contribution in [0.4, 0.5) is 9.59 Å². The first-order chi connectivity index (χ1) is 26.7. The number of rotatable bonds is 5. The van der Waals surface area contributed by atoms with E-state index in [9.17, 15) is 9.59 Å². The van der Waals surface area contributed by atoms with Gasteiger partial charge in [-0.2, -0.15) is 0 Å². The molecule has 1 saturated carbocycles. The zero-order chi connectivity index (χ0) is 39.1. The Kier molecular flexibility index (Phi) is 8.70. The number of piperidine rings is 1. The summed E-state index contributed by atoms with van der Waals surface area (Å²) in [7, 11) is 1.90. The van der Waals surface area contributed by atoms with Crippen LogP contribution in [0.5, 0.6) is 0 Å². The number of H-pyrrole nitrogens is 1. The highest BCUT2D eigenvalue weighted by Crippen LogP contribution is 2.50. The topological polar surface area (TPSA) is 118 Å². The fourth-order valence-electron chi connectivity index (χ4n) is 9.62. The van der Waals surface area contributed by atoms with Crippen LogP contribution in [0.3, 0.4) is 0 Å². The molecule has 1 unspecified atom stereocenters. The van der Waals surface area contributed by atoms with Crippen LogP contribution in [0.15, 0.2) is 60.8 Å². The number of nitrogens with one attached hydrogen (secondary N) is 2. The van der Waals surface area contributed by atoms with E-state index in [1.807, 2.05) is 69.3 Å². The Morgan fingerprint density at radius 3 is 2.20 bits per heavy atom. The van der Waals surface area contributed by atoms with Crippen molar-refractivity contribution < 1.29 is 19.1 Å². The number of aryl methyl sites for hydroxylation is 2. The number of likely N-dealkylation sites (tertiary alicyclic amines) is 2. The summed E-state index contributed by atoms with van der Waals surface area (Å²) >= 11 is 0. The Balaban J connectivity index is 0.957. The van der Waals surface area contributed by atoms with Gasteiger partial charge in [0.15, 0.2) is 5.82 Å². The SMILES string of the molecule is CNn1c(-c2ccc3c(c2)CCc2cc(-c4ccc5nc(C6[C@H]7CC[C@H](C7)N6C(=O)OC(C)(C)C)[nH]c5c4)ccc2-3)cnc1[C@@H]1CCCN1C(=O)OC(C)(C)C.